The Morgan fingerprint density at radius 1 is 1.42 bits per heavy atom. The summed E-state index contributed by atoms with van der Waals surface area (Å²) in [5.74, 6) is -0.00590. The topological polar surface area (TPSA) is 75.9 Å². The molecule has 1 aliphatic rings. The van der Waals surface area contributed by atoms with Crippen LogP contribution in [-0.2, 0) is 11.2 Å². The van der Waals surface area contributed by atoms with E-state index >= 15 is 0 Å². The number of aromatic nitrogens is 2. The summed E-state index contributed by atoms with van der Waals surface area (Å²) < 4.78 is 6.33. The van der Waals surface area contributed by atoms with Crippen molar-refractivity contribution in [1.29, 1.82) is 5.41 Å². The second-order valence-electron chi connectivity index (χ2n) is 5.45. The van der Waals surface area contributed by atoms with E-state index in [0.717, 1.165) is 21.5 Å². The monoisotopic (exact) mass is 449 g/mol. The lowest BCUT2D eigenvalue weighted by Gasteiger charge is -2.06. The van der Waals surface area contributed by atoms with Crippen LogP contribution in [0.25, 0.3) is 6.08 Å². The van der Waals surface area contributed by atoms with Gasteiger partial charge in [-0.25, -0.2) is 0 Å². The van der Waals surface area contributed by atoms with E-state index in [2.05, 4.69) is 32.7 Å². The SMILES string of the molecule is C=CCOc1ccc(/C=C2\SC(=N)[C@H](c3nnc(CC)s3)C2=O)cc1Br. The van der Waals surface area contributed by atoms with Crippen molar-refractivity contribution in [2.45, 2.75) is 19.3 Å². The number of ketones is 1. The predicted molar refractivity (Wildman–Crippen MR) is 110 cm³/mol. The molecule has 2 heterocycles. The largest absolute Gasteiger partial charge is 0.488 e. The third kappa shape index (κ3) is 3.97. The maximum Gasteiger partial charge on any atom is 0.186 e. The number of thioether (sulfide) groups is 1. The van der Waals surface area contributed by atoms with Crippen LogP contribution in [0.3, 0.4) is 0 Å². The molecule has 2 aromatic rings. The van der Waals surface area contributed by atoms with Crippen molar-refractivity contribution in [1.82, 2.24) is 10.2 Å². The average Bonchev–Trinajstić information content (AvgIpc) is 3.19. The average molecular weight is 450 g/mol. The van der Waals surface area contributed by atoms with Crippen LogP contribution in [-0.4, -0.2) is 27.6 Å². The van der Waals surface area contributed by atoms with Crippen LogP contribution in [0.2, 0.25) is 0 Å². The molecule has 1 aliphatic heterocycles. The van der Waals surface area contributed by atoms with Crippen molar-refractivity contribution in [2.24, 2.45) is 0 Å². The lowest BCUT2D eigenvalue weighted by Crippen LogP contribution is -2.11. The van der Waals surface area contributed by atoms with Crippen molar-refractivity contribution in [2.75, 3.05) is 6.61 Å². The van der Waals surface area contributed by atoms with Crippen LogP contribution >= 0.6 is 39.0 Å². The first-order chi connectivity index (χ1) is 12.5. The fourth-order valence-electron chi connectivity index (χ4n) is 2.36. The number of carbonyl (C=O) groups is 1. The first-order valence-electron chi connectivity index (χ1n) is 7.91. The number of allylic oxidation sites excluding steroid dienone is 1. The third-order valence-electron chi connectivity index (χ3n) is 3.63. The maximum atomic E-state index is 12.8. The summed E-state index contributed by atoms with van der Waals surface area (Å²) in [6, 6.07) is 5.60. The number of halogens is 1. The van der Waals surface area contributed by atoms with E-state index in [0.29, 0.717) is 27.3 Å². The van der Waals surface area contributed by atoms with Crippen molar-refractivity contribution >= 4 is 55.9 Å². The Labute approximate surface area is 168 Å². The third-order valence-corrected chi connectivity index (χ3v) is 6.38. The molecule has 1 aromatic carbocycles. The van der Waals surface area contributed by atoms with E-state index in [-0.39, 0.29) is 5.78 Å². The van der Waals surface area contributed by atoms with Crippen LogP contribution < -0.4 is 4.74 Å². The number of hydrogen-bond donors (Lipinski definition) is 1. The van der Waals surface area contributed by atoms with E-state index < -0.39 is 5.92 Å². The molecular weight excluding hydrogens is 434 g/mol. The highest BCUT2D eigenvalue weighted by Gasteiger charge is 2.39. The fraction of sp³-hybridized carbons (Fsp3) is 0.222. The van der Waals surface area contributed by atoms with E-state index in [9.17, 15) is 4.79 Å². The highest BCUT2D eigenvalue weighted by atomic mass is 79.9. The van der Waals surface area contributed by atoms with Gasteiger partial charge in [0, 0.05) is 0 Å². The fourth-order valence-corrected chi connectivity index (χ4v) is 4.83. The Morgan fingerprint density at radius 3 is 2.88 bits per heavy atom. The standard InChI is InChI=1S/C18H16BrN3O2S2/c1-3-7-24-12-6-5-10(8-11(12)19)9-13-16(23)15(17(20)25-13)18-22-21-14(4-2)26-18/h3,5-6,8-9,15,20H,1,4,7H2,2H3/b13-9-,20-17?/t15-/m1/s1. The quantitative estimate of drug-likeness (QED) is 0.503. The van der Waals surface area contributed by atoms with Gasteiger partial charge in [-0.05, 0) is 46.1 Å². The highest BCUT2D eigenvalue weighted by Crippen LogP contribution is 2.41. The molecule has 8 heteroatoms. The van der Waals surface area contributed by atoms with Gasteiger partial charge < -0.3 is 4.74 Å². The van der Waals surface area contributed by atoms with Gasteiger partial charge in [0.25, 0.3) is 0 Å². The first kappa shape index (κ1) is 19.0. The van der Waals surface area contributed by atoms with E-state index in [1.54, 1.807) is 12.2 Å². The number of Topliss-reactive ketones (excluding diaryl/α,β-unsaturated/α-hetero) is 1. The van der Waals surface area contributed by atoms with Crippen molar-refractivity contribution in [3.63, 3.8) is 0 Å². The van der Waals surface area contributed by atoms with Gasteiger partial charge in [-0.1, -0.05) is 37.4 Å². The predicted octanol–water partition coefficient (Wildman–Crippen LogP) is 4.85. The minimum absolute atomic E-state index is 0.0955. The van der Waals surface area contributed by atoms with Crippen molar-refractivity contribution < 1.29 is 9.53 Å². The van der Waals surface area contributed by atoms with Gasteiger partial charge in [0.1, 0.15) is 28.3 Å². The molecular formula is C18H16BrN3O2S2. The number of hydrogen-bond acceptors (Lipinski definition) is 7. The van der Waals surface area contributed by atoms with Crippen LogP contribution in [0, 0.1) is 5.41 Å². The molecule has 1 N–H and O–H groups in total. The van der Waals surface area contributed by atoms with Gasteiger partial charge in [0.05, 0.1) is 14.4 Å². The molecule has 0 bridgehead atoms. The molecule has 1 aromatic heterocycles. The van der Waals surface area contributed by atoms with E-state index in [1.165, 1.54) is 23.1 Å². The molecule has 0 amide bonds. The maximum absolute atomic E-state index is 12.8. The zero-order valence-corrected chi connectivity index (χ0v) is 17.2. The molecule has 0 saturated carbocycles. The van der Waals surface area contributed by atoms with E-state index in [4.69, 9.17) is 10.1 Å². The van der Waals surface area contributed by atoms with Gasteiger partial charge in [0.15, 0.2) is 5.78 Å². The highest BCUT2D eigenvalue weighted by molar-refractivity contribution is 9.10. The van der Waals surface area contributed by atoms with Gasteiger partial charge in [-0.2, -0.15) is 0 Å². The number of aryl methyl sites for hydroxylation is 1. The lowest BCUT2D eigenvalue weighted by atomic mass is 10.1. The normalized spacial score (nSPS) is 18.5. The molecule has 134 valence electrons. The molecule has 5 nitrogen and oxygen atoms in total. The molecule has 1 atom stereocenters. The molecule has 0 aliphatic carbocycles. The Morgan fingerprint density at radius 2 is 2.23 bits per heavy atom. The van der Waals surface area contributed by atoms with Crippen LogP contribution in [0.1, 0.15) is 28.4 Å². The summed E-state index contributed by atoms with van der Waals surface area (Å²) in [5, 5.41) is 18.1. The number of nitrogens with zero attached hydrogens (tertiary/aromatic N) is 2. The Bertz CT molecular complexity index is 908. The smallest absolute Gasteiger partial charge is 0.186 e. The number of benzene rings is 1. The summed E-state index contributed by atoms with van der Waals surface area (Å²) in [6.45, 7) is 6.04. The van der Waals surface area contributed by atoms with E-state index in [1.807, 2.05) is 25.1 Å². The molecule has 1 saturated heterocycles. The van der Waals surface area contributed by atoms with Crippen LogP contribution in [0.15, 0.2) is 40.2 Å². The second kappa shape index (κ2) is 8.28. The van der Waals surface area contributed by atoms with Crippen molar-refractivity contribution in [3.8, 4) is 5.75 Å². The van der Waals surface area contributed by atoms with Crippen LogP contribution in [0.5, 0.6) is 5.75 Å². The minimum atomic E-state index is -0.623. The van der Waals surface area contributed by atoms with Crippen molar-refractivity contribution in [3.05, 3.63) is 55.8 Å². The van der Waals surface area contributed by atoms with Crippen LogP contribution in [0.4, 0.5) is 0 Å². The minimum Gasteiger partial charge on any atom is -0.488 e. The molecule has 1 fully saturated rings. The van der Waals surface area contributed by atoms with Gasteiger partial charge in [-0.3, -0.25) is 10.2 Å². The summed E-state index contributed by atoms with van der Waals surface area (Å²) >= 11 is 6.06. The van der Waals surface area contributed by atoms with Gasteiger partial charge in [0.2, 0.25) is 0 Å². The molecule has 0 unspecified atom stereocenters. The summed E-state index contributed by atoms with van der Waals surface area (Å²) in [7, 11) is 0. The molecule has 0 radical (unpaired) electrons. The Kier molecular flexibility index (Phi) is 6.05. The van der Waals surface area contributed by atoms with Gasteiger partial charge in [-0.15, -0.1) is 21.5 Å². The molecule has 0 spiro atoms. The summed E-state index contributed by atoms with van der Waals surface area (Å²) in [5.41, 5.74) is 0.860. The van der Waals surface area contributed by atoms with Gasteiger partial charge >= 0.3 is 0 Å². The Hall–Kier alpha value is -1.77. The Balaban J connectivity index is 1.83. The number of nitrogens with one attached hydrogen (secondary N) is 1. The number of rotatable bonds is 6. The second-order valence-corrected chi connectivity index (χ2v) is 8.48. The zero-order chi connectivity index (χ0) is 18.7. The lowest BCUT2D eigenvalue weighted by molar-refractivity contribution is -0.114. The number of ether oxygens (including phenoxy) is 1. The molecule has 3 rings (SSSR count). The summed E-state index contributed by atoms with van der Waals surface area (Å²) in [6.07, 6.45) is 4.25. The number of carbonyl (C=O) groups excluding carboxylic acids is 1. The first-order valence-corrected chi connectivity index (χ1v) is 10.3. The summed E-state index contributed by atoms with van der Waals surface area (Å²) in [4.78, 5) is 13.3. The zero-order valence-electron chi connectivity index (χ0n) is 14.0. The molecule has 26 heavy (non-hydrogen) atoms.